The van der Waals surface area contributed by atoms with Gasteiger partial charge in [0, 0.05) is 10.7 Å². The number of nitro groups is 1. The van der Waals surface area contributed by atoms with Crippen molar-refractivity contribution in [3.8, 4) is 5.75 Å². The fourth-order valence-electron chi connectivity index (χ4n) is 2.33. The van der Waals surface area contributed by atoms with Gasteiger partial charge in [-0.05, 0) is 36.4 Å². The van der Waals surface area contributed by atoms with Crippen LogP contribution in [0, 0.1) is 10.1 Å². The molecule has 0 atom stereocenters. The quantitative estimate of drug-likeness (QED) is 0.426. The first kappa shape index (κ1) is 18.2. The van der Waals surface area contributed by atoms with Crippen molar-refractivity contribution in [2.75, 3.05) is 23.5 Å². The number of benzene rings is 2. The van der Waals surface area contributed by atoms with Crippen LogP contribution in [0.15, 0.2) is 48.5 Å². The largest absolute Gasteiger partial charge is 0.495 e. The number of hydrogen-bond donors (Lipinski definition) is 3. The number of rotatable bonds is 6. The van der Waals surface area contributed by atoms with Crippen LogP contribution >= 0.6 is 11.6 Å². The lowest BCUT2D eigenvalue weighted by Crippen LogP contribution is -2.09. The highest BCUT2D eigenvalue weighted by Gasteiger charge is 2.24. The molecule has 0 fully saturated rings. The Morgan fingerprint density at radius 3 is 2.48 bits per heavy atom. The maximum absolute atomic E-state index is 11.4. The van der Waals surface area contributed by atoms with Crippen LogP contribution in [0.1, 0.15) is 0 Å². The lowest BCUT2D eigenvalue weighted by Gasteiger charge is -2.12. The molecule has 0 unspecified atom stereocenters. The summed E-state index contributed by atoms with van der Waals surface area (Å²) >= 11 is 5.86. The Bertz CT molecular complexity index is 981. The molecule has 2 aromatic carbocycles. The van der Waals surface area contributed by atoms with E-state index >= 15 is 0 Å². The summed E-state index contributed by atoms with van der Waals surface area (Å²) in [5.41, 5.74) is 6.52. The van der Waals surface area contributed by atoms with Gasteiger partial charge in [-0.2, -0.15) is 9.97 Å². The molecule has 0 aliphatic rings. The molecule has 1 aromatic heterocycles. The van der Waals surface area contributed by atoms with Crippen molar-refractivity contribution in [3.05, 3.63) is 63.7 Å². The summed E-state index contributed by atoms with van der Waals surface area (Å²) in [5.74, 6) is 0.256. The maximum atomic E-state index is 11.4. The molecule has 9 nitrogen and oxygen atoms in total. The van der Waals surface area contributed by atoms with Crippen LogP contribution in [0.2, 0.25) is 5.02 Å². The molecule has 3 aromatic rings. The number of nitrogens with zero attached hydrogens (tertiary/aromatic N) is 3. The Morgan fingerprint density at radius 2 is 1.81 bits per heavy atom. The zero-order valence-electron chi connectivity index (χ0n) is 14.1. The van der Waals surface area contributed by atoms with Gasteiger partial charge in [0.2, 0.25) is 17.6 Å². The predicted molar refractivity (Wildman–Crippen MR) is 104 cm³/mol. The summed E-state index contributed by atoms with van der Waals surface area (Å²) in [7, 11) is 1.50. The molecule has 0 saturated heterocycles. The van der Waals surface area contributed by atoms with E-state index in [0.717, 1.165) is 0 Å². The van der Waals surface area contributed by atoms with E-state index in [-0.39, 0.29) is 17.6 Å². The first-order chi connectivity index (χ1) is 13.0. The molecule has 0 spiro atoms. The predicted octanol–water partition coefficient (Wildman–Crippen LogP) is 4.12. The average Bonchev–Trinajstić information content (AvgIpc) is 2.63. The molecule has 0 aliphatic heterocycles. The molecule has 0 aliphatic carbocycles. The van der Waals surface area contributed by atoms with E-state index < -0.39 is 10.6 Å². The van der Waals surface area contributed by atoms with E-state index in [9.17, 15) is 10.1 Å². The molecule has 3 rings (SSSR count). The normalized spacial score (nSPS) is 10.3. The average molecular weight is 387 g/mol. The van der Waals surface area contributed by atoms with Gasteiger partial charge >= 0.3 is 5.69 Å². The molecule has 0 saturated carbocycles. The minimum absolute atomic E-state index is 0.0616. The van der Waals surface area contributed by atoms with Crippen molar-refractivity contribution in [2.45, 2.75) is 0 Å². The van der Waals surface area contributed by atoms with Crippen molar-refractivity contribution in [2.24, 2.45) is 0 Å². The zero-order chi connectivity index (χ0) is 19.4. The summed E-state index contributed by atoms with van der Waals surface area (Å²) in [6.45, 7) is 0. The minimum Gasteiger partial charge on any atom is -0.495 e. The van der Waals surface area contributed by atoms with Crippen LogP contribution in [-0.2, 0) is 0 Å². The highest BCUT2D eigenvalue weighted by Crippen LogP contribution is 2.34. The topological polar surface area (TPSA) is 128 Å². The number of ether oxygens (including phenoxy) is 1. The van der Waals surface area contributed by atoms with Crippen molar-refractivity contribution < 1.29 is 9.66 Å². The van der Waals surface area contributed by atoms with Gasteiger partial charge in [0.15, 0.2) is 0 Å². The van der Waals surface area contributed by atoms with E-state index in [1.807, 2.05) is 0 Å². The van der Waals surface area contributed by atoms with Gasteiger partial charge in [-0.3, -0.25) is 10.1 Å². The molecule has 4 N–H and O–H groups in total. The highest BCUT2D eigenvalue weighted by molar-refractivity contribution is 6.30. The number of aromatic nitrogens is 2. The van der Waals surface area contributed by atoms with E-state index in [4.69, 9.17) is 22.1 Å². The van der Waals surface area contributed by atoms with Gasteiger partial charge in [0.05, 0.1) is 17.7 Å². The van der Waals surface area contributed by atoms with Crippen molar-refractivity contribution in [3.63, 3.8) is 0 Å². The number of anilines is 5. The lowest BCUT2D eigenvalue weighted by atomic mass is 10.3. The second-order valence-corrected chi connectivity index (χ2v) is 5.78. The van der Waals surface area contributed by atoms with Gasteiger partial charge in [-0.15, -0.1) is 0 Å². The zero-order valence-corrected chi connectivity index (χ0v) is 14.9. The third kappa shape index (κ3) is 4.15. The number of para-hydroxylation sites is 2. The number of methoxy groups -OCH3 is 1. The van der Waals surface area contributed by atoms with Gasteiger partial charge < -0.3 is 21.1 Å². The van der Waals surface area contributed by atoms with E-state index in [2.05, 4.69) is 20.6 Å². The van der Waals surface area contributed by atoms with Crippen LogP contribution in [0.5, 0.6) is 5.75 Å². The molecular weight excluding hydrogens is 372 g/mol. The van der Waals surface area contributed by atoms with Crippen LogP contribution in [-0.4, -0.2) is 22.0 Å². The molecule has 0 bridgehead atoms. The first-order valence-electron chi connectivity index (χ1n) is 7.72. The molecule has 138 valence electrons. The molecule has 1 heterocycles. The molecule has 0 radical (unpaired) electrons. The van der Waals surface area contributed by atoms with Crippen LogP contribution < -0.4 is 21.1 Å². The summed E-state index contributed by atoms with van der Waals surface area (Å²) < 4.78 is 5.25. The second kappa shape index (κ2) is 7.75. The fourth-order valence-corrected chi connectivity index (χ4v) is 2.46. The van der Waals surface area contributed by atoms with Gasteiger partial charge in [-0.1, -0.05) is 23.7 Å². The number of nitrogens with one attached hydrogen (secondary N) is 2. The van der Waals surface area contributed by atoms with Gasteiger partial charge in [0.1, 0.15) is 5.75 Å². The Morgan fingerprint density at radius 1 is 1.11 bits per heavy atom. The van der Waals surface area contributed by atoms with Crippen molar-refractivity contribution in [1.82, 2.24) is 9.97 Å². The second-order valence-electron chi connectivity index (χ2n) is 5.34. The fraction of sp³-hybridized carbons (Fsp3) is 0.0588. The number of hydrogen-bond acceptors (Lipinski definition) is 8. The number of nitrogens with two attached hydrogens (primary N) is 1. The monoisotopic (exact) mass is 386 g/mol. The third-order valence-corrected chi connectivity index (χ3v) is 3.81. The van der Waals surface area contributed by atoms with Crippen LogP contribution in [0.4, 0.5) is 34.6 Å². The summed E-state index contributed by atoms with van der Waals surface area (Å²) in [6, 6.07) is 13.8. The van der Waals surface area contributed by atoms with E-state index in [1.165, 1.54) is 7.11 Å². The Labute approximate surface area is 159 Å². The van der Waals surface area contributed by atoms with Crippen LogP contribution in [0.25, 0.3) is 0 Å². The van der Waals surface area contributed by atoms with E-state index in [0.29, 0.717) is 22.1 Å². The van der Waals surface area contributed by atoms with Gasteiger partial charge in [0.25, 0.3) is 0 Å². The minimum atomic E-state index is -0.640. The Hall–Kier alpha value is -3.59. The van der Waals surface area contributed by atoms with Gasteiger partial charge in [-0.25, -0.2) is 0 Å². The van der Waals surface area contributed by atoms with Crippen LogP contribution in [0.3, 0.4) is 0 Å². The summed E-state index contributed by atoms with van der Waals surface area (Å²) in [6.07, 6.45) is 0. The summed E-state index contributed by atoms with van der Waals surface area (Å²) in [4.78, 5) is 19.0. The molecule has 27 heavy (non-hydrogen) atoms. The number of halogens is 1. The van der Waals surface area contributed by atoms with E-state index in [1.54, 1.807) is 48.5 Å². The molecular formula is C17H15ClN6O3. The van der Waals surface area contributed by atoms with Crippen molar-refractivity contribution in [1.29, 1.82) is 0 Å². The summed E-state index contributed by atoms with van der Waals surface area (Å²) in [5, 5.41) is 17.8. The maximum Gasteiger partial charge on any atom is 0.353 e. The smallest absolute Gasteiger partial charge is 0.353 e. The third-order valence-electron chi connectivity index (χ3n) is 3.55. The first-order valence-corrected chi connectivity index (χ1v) is 8.10. The molecule has 10 heteroatoms. The Balaban J connectivity index is 2.01. The van der Waals surface area contributed by atoms with Crippen molar-refractivity contribution >= 4 is 46.2 Å². The SMILES string of the molecule is COc1ccccc1Nc1nc(Nc2ccc(Cl)cc2)nc(N)c1[N+](=O)[O-]. The standard InChI is InChI=1S/C17H15ClN6O3/c1-27-13-5-3-2-4-12(13)21-16-14(24(25)26)15(19)22-17(23-16)20-11-8-6-10(18)7-9-11/h2-9H,1H3,(H4,19,20,21,22,23). The Kier molecular flexibility index (Phi) is 5.23. The molecule has 0 amide bonds. The lowest BCUT2D eigenvalue weighted by molar-refractivity contribution is -0.383. The highest BCUT2D eigenvalue weighted by atomic mass is 35.5. The number of nitrogen functional groups attached to an aromatic ring is 1.